The Labute approximate surface area is 76.7 Å². The molecule has 13 heavy (non-hydrogen) atoms. The van der Waals surface area contributed by atoms with Crippen LogP contribution in [0.15, 0.2) is 30.3 Å². The maximum absolute atomic E-state index is 5.57. The molecular formula is C11H11NO. The van der Waals surface area contributed by atoms with E-state index in [2.05, 4.69) is 34.9 Å². The highest BCUT2D eigenvalue weighted by molar-refractivity contribution is 5.82. The summed E-state index contributed by atoms with van der Waals surface area (Å²) in [5.74, 6) is 1.02. The van der Waals surface area contributed by atoms with Gasteiger partial charge in [-0.3, -0.25) is 0 Å². The van der Waals surface area contributed by atoms with E-state index in [-0.39, 0.29) is 0 Å². The average Bonchev–Trinajstić information content (AvgIpc) is 2.56. The van der Waals surface area contributed by atoms with E-state index in [1.165, 1.54) is 10.9 Å². The Kier molecular flexibility index (Phi) is 1.36. The van der Waals surface area contributed by atoms with Crippen molar-refractivity contribution in [2.75, 3.05) is 6.61 Å². The molecule has 0 saturated carbocycles. The van der Waals surface area contributed by atoms with Crippen LogP contribution in [-0.2, 0) is 6.54 Å². The summed E-state index contributed by atoms with van der Waals surface area (Å²) in [5.41, 5.74) is 1.29. The van der Waals surface area contributed by atoms with Crippen molar-refractivity contribution in [3.05, 3.63) is 30.3 Å². The van der Waals surface area contributed by atoms with Gasteiger partial charge in [0, 0.05) is 18.0 Å². The number of aromatic nitrogens is 1. The zero-order valence-corrected chi connectivity index (χ0v) is 7.36. The number of nitrogens with zero attached hydrogens (tertiary/aromatic N) is 1. The SMILES string of the molecule is c1ccc2c(c1)cc1n2CCCO1. The van der Waals surface area contributed by atoms with Gasteiger partial charge in [-0.25, -0.2) is 0 Å². The van der Waals surface area contributed by atoms with Crippen LogP contribution in [0, 0.1) is 0 Å². The molecule has 2 heteroatoms. The standard InChI is InChI=1S/C11H11NO/c1-2-5-10-9(4-1)8-11-12(10)6-3-7-13-11/h1-2,4-5,8H,3,6-7H2. The highest BCUT2D eigenvalue weighted by Crippen LogP contribution is 2.27. The molecule has 1 aromatic carbocycles. The molecular weight excluding hydrogens is 162 g/mol. The molecule has 1 aliphatic rings. The van der Waals surface area contributed by atoms with Crippen molar-refractivity contribution < 1.29 is 4.74 Å². The first-order chi connectivity index (χ1) is 6.45. The molecule has 1 aliphatic heterocycles. The third kappa shape index (κ3) is 0.949. The number of aryl methyl sites for hydroxylation is 1. The zero-order chi connectivity index (χ0) is 8.67. The Hall–Kier alpha value is -1.44. The van der Waals surface area contributed by atoms with Gasteiger partial charge in [-0.15, -0.1) is 0 Å². The number of hydrogen-bond acceptors (Lipinski definition) is 1. The molecule has 66 valence electrons. The summed E-state index contributed by atoms with van der Waals surface area (Å²) in [6.45, 7) is 1.94. The third-order valence-electron chi connectivity index (χ3n) is 2.55. The van der Waals surface area contributed by atoms with Crippen LogP contribution in [0.4, 0.5) is 0 Å². The van der Waals surface area contributed by atoms with Crippen molar-refractivity contribution in [3.63, 3.8) is 0 Å². The van der Waals surface area contributed by atoms with E-state index in [1.807, 2.05) is 0 Å². The van der Waals surface area contributed by atoms with E-state index in [1.54, 1.807) is 0 Å². The first-order valence-electron chi connectivity index (χ1n) is 4.66. The fourth-order valence-electron chi connectivity index (χ4n) is 1.93. The minimum Gasteiger partial charge on any atom is -0.479 e. The molecule has 0 unspecified atom stereocenters. The number of benzene rings is 1. The second-order valence-electron chi connectivity index (χ2n) is 3.40. The fourth-order valence-corrected chi connectivity index (χ4v) is 1.93. The van der Waals surface area contributed by atoms with Crippen LogP contribution in [0.1, 0.15) is 6.42 Å². The second kappa shape index (κ2) is 2.52. The summed E-state index contributed by atoms with van der Waals surface area (Å²) in [6, 6.07) is 10.5. The van der Waals surface area contributed by atoms with Gasteiger partial charge in [0.25, 0.3) is 0 Å². The lowest BCUT2D eigenvalue weighted by atomic mass is 10.2. The van der Waals surface area contributed by atoms with Crippen LogP contribution in [0.3, 0.4) is 0 Å². The van der Waals surface area contributed by atoms with Gasteiger partial charge >= 0.3 is 0 Å². The molecule has 0 atom stereocenters. The van der Waals surface area contributed by atoms with Crippen molar-refractivity contribution in [2.45, 2.75) is 13.0 Å². The predicted octanol–water partition coefficient (Wildman–Crippen LogP) is 2.42. The predicted molar refractivity (Wildman–Crippen MR) is 52.1 cm³/mol. The summed E-state index contributed by atoms with van der Waals surface area (Å²) >= 11 is 0. The van der Waals surface area contributed by atoms with Crippen molar-refractivity contribution >= 4 is 10.9 Å². The minimum absolute atomic E-state index is 0.857. The number of para-hydroxylation sites is 1. The van der Waals surface area contributed by atoms with Gasteiger partial charge < -0.3 is 9.30 Å². The van der Waals surface area contributed by atoms with E-state index < -0.39 is 0 Å². The summed E-state index contributed by atoms with van der Waals surface area (Å²) in [6.07, 6.45) is 1.12. The van der Waals surface area contributed by atoms with E-state index in [0.29, 0.717) is 0 Å². The summed E-state index contributed by atoms with van der Waals surface area (Å²) in [7, 11) is 0. The molecule has 0 spiro atoms. The third-order valence-corrected chi connectivity index (χ3v) is 2.55. The van der Waals surface area contributed by atoms with E-state index in [0.717, 1.165) is 25.5 Å². The molecule has 0 fully saturated rings. The maximum atomic E-state index is 5.57. The normalized spacial score (nSPS) is 15.4. The van der Waals surface area contributed by atoms with Gasteiger partial charge in [-0.1, -0.05) is 18.2 Å². The first kappa shape index (κ1) is 7.01. The van der Waals surface area contributed by atoms with E-state index in [9.17, 15) is 0 Å². The molecule has 3 rings (SSSR count). The van der Waals surface area contributed by atoms with Crippen molar-refractivity contribution in [3.8, 4) is 5.88 Å². The number of ether oxygens (including phenoxy) is 1. The molecule has 2 nitrogen and oxygen atoms in total. The molecule has 0 amide bonds. The second-order valence-corrected chi connectivity index (χ2v) is 3.40. The summed E-state index contributed by atoms with van der Waals surface area (Å²) in [4.78, 5) is 0. The molecule has 2 aromatic rings. The van der Waals surface area contributed by atoms with E-state index in [4.69, 9.17) is 4.74 Å². The number of fused-ring (bicyclic) bond motifs is 3. The number of hydrogen-bond donors (Lipinski definition) is 0. The highest BCUT2D eigenvalue weighted by atomic mass is 16.5. The van der Waals surface area contributed by atoms with Crippen LogP contribution in [0.25, 0.3) is 10.9 Å². The highest BCUT2D eigenvalue weighted by Gasteiger charge is 2.12. The lowest BCUT2D eigenvalue weighted by Gasteiger charge is -2.16. The molecule has 0 aliphatic carbocycles. The van der Waals surface area contributed by atoms with Crippen LogP contribution >= 0.6 is 0 Å². The topological polar surface area (TPSA) is 14.2 Å². The van der Waals surface area contributed by atoms with Crippen molar-refractivity contribution in [1.29, 1.82) is 0 Å². The van der Waals surface area contributed by atoms with Gasteiger partial charge in [0.05, 0.1) is 12.1 Å². The first-order valence-corrected chi connectivity index (χ1v) is 4.66. The molecule has 2 heterocycles. The van der Waals surface area contributed by atoms with Crippen LogP contribution in [0.2, 0.25) is 0 Å². The van der Waals surface area contributed by atoms with Crippen molar-refractivity contribution in [2.24, 2.45) is 0 Å². The monoisotopic (exact) mass is 173 g/mol. The Morgan fingerprint density at radius 1 is 1.23 bits per heavy atom. The molecule has 0 N–H and O–H groups in total. The molecule has 0 radical (unpaired) electrons. The van der Waals surface area contributed by atoms with Crippen LogP contribution in [-0.4, -0.2) is 11.2 Å². The van der Waals surface area contributed by atoms with Gasteiger partial charge in [-0.2, -0.15) is 0 Å². The molecule has 0 bridgehead atoms. The molecule has 1 aromatic heterocycles. The van der Waals surface area contributed by atoms with E-state index >= 15 is 0 Å². The average molecular weight is 173 g/mol. The number of rotatable bonds is 0. The van der Waals surface area contributed by atoms with Gasteiger partial charge in [0.15, 0.2) is 5.88 Å². The van der Waals surface area contributed by atoms with Crippen LogP contribution in [0.5, 0.6) is 5.88 Å². The Balaban J connectivity index is 2.34. The fraction of sp³-hybridized carbons (Fsp3) is 0.273. The van der Waals surface area contributed by atoms with Crippen LogP contribution < -0.4 is 4.74 Å². The molecule has 0 saturated heterocycles. The Morgan fingerprint density at radius 3 is 3.15 bits per heavy atom. The smallest absolute Gasteiger partial charge is 0.194 e. The summed E-state index contributed by atoms with van der Waals surface area (Å²) in [5, 5.41) is 1.28. The maximum Gasteiger partial charge on any atom is 0.194 e. The zero-order valence-electron chi connectivity index (χ0n) is 7.36. The quantitative estimate of drug-likeness (QED) is 0.596. The Morgan fingerprint density at radius 2 is 2.15 bits per heavy atom. The van der Waals surface area contributed by atoms with Gasteiger partial charge in [0.1, 0.15) is 0 Å². The summed E-state index contributed by atoms with van der Waals surface area (Å²) < 4.78 is 7.82. The lowest BCUT2D eigenvalue weighted by molar-refractivity contribution is 0.244. The van der Waals surface area contributed by atoms with Crippen molar-refractivity contribution in [1.82, 2.24) is 4.57 Å². The minimum atomic E-state index is 0.857. The largest absolute Gasteiger partial charge is 0.479 e. The Bertz CT molecular complexity index is 444. The van der Waals surface area contributed by atoms with Gasteiger partial charge in [-0.05, 0) is 12.5 Å². The van der Waals surface area contributed by atoms with Gasteiger partial charge in [0.2, 0.25) is 0 Å². The lowest BCUT2D eigenvalue weighted by Crippen LogP contribution is -2.13.